The van der Waals surface area contributed by atoms with Gasteiger partial charge in [0.1, 0.15) is 5.75 Å². The molecular formula is C16H23ClN2O2. The summed E-state index contributed by atoms with van der Waals surface area (Å²) >= 11 is 6.28. The van der Waals surface area contributed by atoms with E-state index < -0.39 is 0 Å². The van der Waals surface area contributed by atoms with Gasteiger partial charge in [0.15, 0.2) is 0 Å². The highest BCUT2D eigenvalue weighted by atomic mass is 35.5. The first kappa shape index (κ1) is 16.1. The lowest BCUT2D eigenvalue weighted by atomic mass is 9.99. The molecule has 0 aromatic heterocycles. The van der Waals surface area contributed by atoms with E-state index in [0.717, 1.165) is 31.5 Å². The normalized spacial score (nSPS) is 18.0. The molecule has 1 aromatic rings. The molecule has 2 rings (SSSR count). The molecule has 1 amide bonds. The second-order valence-corrected chi connectivity index (χ2v) is 6.28. The Kier molecular flexibility index (Phi) is 5.48. The van der Waals surface area contributed by atoms with E-state index in [1.807, 2.05) is 0 Å². The maximum atomic E-state index is 12.5. The second kappa shape index (κ2) is 7.14. The molecule has 0 aliphatic carbocycles. The second-order valence-electron chi connectivity index (χ2n) is 5.87. The van der Waals surface area contributed by atoms with Crippen LogP contribution in [-0.4, -0.2) is 32.1 Å². The van der Waals surface area contributed by atoms with E-state index in [1.165, 1.54) is 0 Å². The molecule has 1 aliphatic rings. The summed E-state index contributed by atoms with van der Waals surface area (Å²) in [4.78, 5) is 12.5. The topological polar surface area (TPSA) is 50.4 Å². The van der Waals surface area contributed by atoms with Crippen LogP contribution in [0.25, 0.3) is 0 Å². The van der Waals surface area contributed by atoms with Gasteiger partial charge in [-0.1, -0.05) is 25.4 Å². The molecule has 5 heteroatoms. The zero-order chi connectivity index (χ0) is 15.4. The summed E-state index contributed by atoms with van der Waals surface area (Å²) in [6.07, 6.45) is 1.74. The van der Waals surface area contributed by atoms with Crippen molar-refractivity contribution in [2.24, 2.45) is 5.92 Å². The Labute approximate surface area is 131 Å². The van der Waals surface area contributed by atoms with Gasteiger partial charge in [0.2, 0.25) is 0 Å². The van der Waals surface area contributed by atoms with Gasteiger partial charge in [0, 0.05) is 23.2 Å². The Morgan fingerprint density at radius 2 is 2.29 bits per heavy atom. The van der Waals surface area contributed by atoms with Gasteiger partial charge >= 0.3 is 0 Å². The first-order valence-electron chi connectivity index (χ1n) is 7.39. The van der Waals surface area contributed by atoms with Crippen molar-refractivity contribution < 1.29 is 9.53 Å². The number of ether oxygens (including phenoxy) is 1. The van der Waals surface area contributed by atoms with Crippen LogP contribution in [0.2, 0.25) is 5.02 Å². The van der Waals surface area contributed by atoms with Crippen LogP contribution in [0.15, 0.2) is 12.1 Å². The summed E-state index contributed by atoms with van der Waals surface area (Å²) in [5.74, 6) is 0.940. The summed E-state index contributed by atoms with van der Waals surface area (Å²) in [6.45, 7) is 6.00. The smallest absolute Gasteiger partial charge is 0.255 e. The number of carbonyl (C=O) groups excluding carboxylic acids is 1. The van der Waals surface area contributed by atoms with E-state index in [0.29, 0.717) is 22.3 Å². The molecule has 4 nitrogen and oxygen atoms in total. The maximum Gasteiger partial charge on any atom is 0.255 e. The van der Waals surface area contributed by atoms with Crippen LogP contribution in [0, 0.1) is 5.92 Å². The van der Waals surface area contributed by atoms with Crippen molar-refractivity contribution in [2.45, 2.75) is 32.7 Å². The zero-order valence-corrected chi connectivity index (χ0v) is 13.6. The van der Waals surface area contributed by atoms with Gasteiger partial charge in [-0.2, -0.15) is 0 Å². The van der Waals surface area contributed by atoms with Gasteiger partial charge < -0.3 is 15.4 Å². The fourth-order valence-electron chi connectivity index (χ4n) is 2.66. The predicted molar refractivity (Wildman–Crippen MR) is 85.3 cm³/mol. The molecule has 0 bridgehead atoms. The lowest BCUT2D eigenvalue weighted by Gasteiger charge is -2.18. The minimum Gasteiger partial charge on any atom is -0.496 e. The van der Waals surface area contributed by atoms with Crippen molar-refractivity contribution in [3.8, 4) is 5.75 Å². The minimum atomic E-state index is -0.0952. The van der Waals surface area contributed by atoms with Crippen molar-refractivity contribution in [1.82, 2.24) is 10.6 Å². The van der Waals surface area contributed by atoms with E-state index in [4.69, 9.17) is 16.3 Å². The Morgan fingerprint density at radius 1 is 1.52 bits per heavy atom. The maximum absolute atomic E-state index is 12.5. The van der Waals surface area contributed by atoms with Crippen molar-refractivity contribution in [3.63, 3.8) is 0 Å². The number of amides is 1. The third-order valence-electron chi connectivity index (χ3n) is 3.66. The monoisotopic (exact) mass is 310 g/mol. The van der Waals surface area contributed by atoms with E-state index in [-0.39, 0.29) is 11.9 Å². The molecule has 1 aliphatic heterocycles. The van der Waals surface area contributed by atoms with Crippen molar-refractivity contribution in [2.75, 3.05) is 20.2 Å². The number of rotatable bonds is 5. The third-order valence-corrected chi connectivity index (χ3v) is 4.01. The van der Waals surface area contributed by atoms with Gasteiger partial charge in [-0.3, -0.25) is 4.79 Å². The summed E-state index contributed by atoms with van der Waals surface area (Å²) in [5, 5.41) is 6.94. The number of hydrogen-bond acceptors (Lipinski definition) is 3. The summed E-state index contributed by atoms with van der Waals surface area (Å²) in [7, 11) is 1.59. The highest BCUT2D eigenvalue weighted by molar-refractivity contribution is 6.31. The first-order chi connectivity index (χ1) is 10.0. The van der Waals surface area contributed by atoms with Gasteiger partial charge in [-0.25, -0.2) is 0 Å². The quantitative estimate of drug-likeness (QED) is 0.879. The molecule has 1 saturated heterocycles. The van der Waals surface area contributed by atoms with E-state index >= 15 is 0 Å². The van der Waals surface area contributed by atoms with Crippen LogP contribution in [0.3, 0.4) is 0 Å². The molecule has 1 aromatic carbocycles. The number of carbonyl (C=O) groups is 1. The average Bonchev–Trinajstić information content (AvgIpc) is 2.93. The summed E-state index contributed by atoms with van der Waals surface area (Å²) < 4.78 is 5.48. The average molecular weight is 311 g/mol. The fourth-order valence-corrected chi connectivity index (χ4v) is 2.88. The molecule has 21 heavy (non-hydrogen) atoms. The van der Waals surface area contributed by atoms with Crippen molar-refractivity contribution >= 4 is 17.5 Å². The molecule has 1 heterocycles. The number of nitrogens with one attached hydrogen (secondary N) is 2. The van der Waals surface area contributed by atoms with Crippen LogP contribution in [0.4, 0.5) is 0 Å². The molecule has 1 unspecified atom stereocenters. The Balaban J connectivity index is 2.27. The van der Waals surface area contributed by atoms with Crippen LogP contribution in [-0.2, 0) is 6.42 Å². The zero-order valence-electron chi connectivity index (χ0n) is 12.8. The molecule has 0 radical (unpaired) electrons. The van der Waals surface area contributed by atoms with Gasteiger partial charge in [0.05, 0.1) is 12.7 Å². The first-order valence-corrected chi connectivity index (χ1v) is 7.77. The van der Waals surface area contributed by atoms with E-state index in [9.17, 15) is 4.79 Å². The van der Waals surface area contributed by atoms with Crippen LogP contribution < -0.4 is 15.4 Å². The Bertz CT molecular complexity index is 511. The van der Waals surface area contributed by atoms with Crippen molar-refractivity contribution in [1.29, 1.82) is 0 Å². The SMILES string of the molecule is COc1c(C(=O)NC2CCNC2)ccc(Cl)c1CC(C)C. The number of methoxy groups -OCH3 is 1. The van der Waals surface area contributed by atoms with E-state index in [2.05, 4.69) is 24.5 Å². The van der Waals surface area contributed by atoms with Gasteiger partial charge in [-0.15, -0.1) is 0 Å². The minimum absolute atomic E-state index is 0.0952. The molecule has 0 spiro atoms. The third kappa shape index (κ3) is 3.89. The van der Waals surface area contributed by atoms with Crippen LogP contribution in [0.5, 0.6) is 5.75 Å². The standard InChI is InChI=1S/C16H23ClN2O2/c1-10(2)8-13-14(17)5-4-12(15(13)21-3)16(20)19-11-6-7-18-9-11/h4-5,10-11,18H,6-9H2,1-3H3,(H,19,20). The Morgan fingerprint density at radius 3 is 2.86 bits per heavy atom. The fraction of sp³-hybridized carbons (Fsp3) is 0.562. The highest BCUT2D eigenvalue weighted by Crippen LogP contribution is 2.32. The van der Waals surface area contributed by atoms with Crippen LogP contribution >= 0.6 is 11.6 Å². The molecular weight excluding hydrogens is 288 g/mol. The van der Waals surface area contributed by atoms with Crippen molar-refractivity contribution in [3.05, 3.63) is 28.3 Å². The van der Waals surface area contributed by atoms with E-state index in [1.54, 1.807) is 19.2 Å². The summed E-state index contributed by atoms with van der Waals surface area (Å²) in [5.41, 5.74) is 1.47. The lowest BCUT2D eigenvalue weighted by Crippen LogP contribution is -2.36. The number of halogens is 1. The molecule has 1 fully saturated rings. The molecule has 0 saturated carbocycles. The van der Waals surface area contributed by atoms with Gasteiger partial charge in [-0.05, 0) is 37.4 Å². The molecule has 116 valence electrons. The highest BCUT2D eigenvalue weighted by Gasteiger charge is 2.22. The predicted octanol–water partition coefficient (Wildman–Crippen LogP) is 2.64. The van der Waals surface area contributed by atoms with Crippen LogP contribution in [0.1, 0.15) is 36.2 Å². The molecule has 1 atom stereocenters. The molecule has 2 N–H and O–H groups in total. The van der Waals surface area contributed by atoms with Gasteiger partial charge in [0.25, 0.3) is 5.91 Å². The number of benzene rings is 1. The Hall–Kier alpha value is -1.26. The largest absolute Gasteiger partial charge is 0.496 e. The number of hydrogen-bond donors (Lipinski definition) is 2. The lowest BCUT2D eigenvalue weighted by molar-refractivity contribution is 0.0937. The summed E-state index contributed by atoms with van der Waals surface area (Å²) in [6, 6.07) is 3.71.